The van der Waals surface area contributed by atoms with Gasteiger partial charge < -0.3 is 11.1 Å². The Hall–Kier alpha value is -2.03. The first kappa shape index (κ1) is 12.4. The van der Waals surface area contributed by atoms with Gasteiger partial charge in [0, 0.05) is 6.20 Å². The molecular formula is C15H19N3. The lowest BCUT2D eigenvalue weighted by atomic mass is 10.1. The average Bonchev–Trinajstić information content (AvgIpc) is 2.41. The Morgan fingerprint density at radius 2 is 2.06 bits per heavy atom. The fourth-order valence-electron chi connectivity index (χ4n) is 1.97. The van der Waals surface area contributed by atoms with Crippen LogP contribution in [0.4, 0.5) is 11.4 Å². The Bertz CT molecular complexity index is 535. The molecule has 1 aromatic carbocycles. The number of nitrogens with one attached hydrogen (secondary N) is 1. The van der Waals surface area contributed by atoms with Gasteiger partial charge in [0.25, 0.3) is 0 Å². The van der Waals surface area contributed by atoms with Crippen molar-refractivity contribution in [3.8, 4) is 0 Å². The predicted octanol–water partition coefficient (Wildman–Crippen LogP) is 3.15. The second-order valence-corrected chi connectivity index (χ2v) is 4.35. The summed E-state index contributed by atoms with van der Waals surface area (Å²) < 4.78 is 0. The van der Waals surface area contributed by atoms with Crippen LogP contribution < -0.4 is 11.1 Å². The van der Waals surface area contributed by atoms with E-state index in [1.807, 2.05) is 37.4 Å². The number of aromatic nitrogens is 1. The molecule has 3 heteroatoms. The lowest BCUT2D eigenvalue weighted by molar-refractivity contribution is 0.972. The van der Waals surface area contributed by atoms with Crippen molar-refractivity contribution in [2.45, 2.75) is 26.8 Å². The number of nitrogens with zero attached hydrogens (tertiary/aromatic N) is 1. The SMILES string of the molecule is CCc1cccnc1CNc1cccc(C)c1N. The van der Waals surface area contributed by atoms with Crippen molar-refractivity contribution < 1.29 is 0 Å². The molecule has 0 amide bonds. The average molecular weight is 241 g/mol. The van der Waals surface area contributed by atoms with Crippen LogP contribution >= 0.6 is 0 Å². The maximum absolute atomic E-state index is 6.03. The molecule has 18 heavy (non-hydrogen) atoms. The number of nitrogen functional groups attached to an aromatic ring is 1. The van der Waals surface area contributed by atoms with Crippen molar-refractivity contribution in [3.63, 3.8) is 0 Å². The van der Waals surface area contributed by atoms with E-state index >= 15 is 0 Å². The normalized spacial score (nSPS) is 10.3. The first-order valence-corrected chi connectivity index (χ1v) is 6.24. The summed E-state index contributed by atoms with van der Waals surface area (Å²) in [7, 11) is 0. The highest BCUT2D eigenvalue weighted by Crippen LogP contribution is 2.22. The molecule has 0 saturated carbocycles. The second kappa shape index (κ2) is 5.54. The third-order valence-corrected chi connectivity index (χ3v) is 3.14. The lowest BCUT2D eigenvalue weighted by Crippen LogP contribution is -2.07. The minimum absolute atomic E-state index is 0.706. The number of anilines is 2. The lowest BCUT2D eigenvalue weighted by Gasteiger charge is -2.12. The van der Waals surface area contributed by atoms with E-state index in [1.165, 1.54) is 5.56 Å². The topological polar surface area (TPSA) is 50.9 Å². The van der Waals surface area contributed by atoms with E-state index in [-0.39, 0.29) is 0 Å². The van der Waals surface area contributed by atoms with Crippen LogP contribution in [0, 0.1) is 6.92 Å². The Morgan fingerprint density at radius 3 is 2.83 bits per heavy atom. The van der Waals surface area contributed by atoms with Crippen LogP contribution in [0.5, 0.6) is 0 Å². The van der Waals surface area contributed by atoms with Gasteiger partial charge >= 0.3 is 0 Å². The van der Waals surface area contributed by atoms with Gasteiger partial charge in [0.15, 0.2) is 0 Å². The maximum Gasteiger partial charge on any atom is 0.0626 e. The van der Waals surface area contributed by atoms with Crippen molar-refractivity contribution in [1.29, 1.82) is 0 Å². The monoisotopic (exact) mass is 241 g/mol. The molecule has 2 aromatic rings. The molecule has 0 bridgehead atoms. The molecule has 3 N–H and O–H groups in total. The molecule has 0 aliphatic heterocycles. The summed E-state index contributed by atoms with van der Waals surface area (Å²) in [6, 6.07) is 10.1. The second-order valence-electron chi connectivity index (χ2n) is 4.35. The van der Waals surface area contributed by atoms with E-state index in [0.717, 1.165) is 29.1 Å². The third-order valence-electron chi connectivity index (χ3n) is 3.14. The van der Waals surface area contributed by atoms with E-state index in [4.69, 9.17) is 5.73 Å². The number of aryl methyl sites for hydroxylation is 2. The van der Waals surface area contributed by atoms with Crippen LogP contribution in [0.25, 0.3) is 0 Å². The molecule has 0 saturated heterocycles. The van der Waals surface area contributed by atoms with Crippen molar-refractivity contribution in [2.24, 2.45) is 0 Å². The summed E-state index contributed by atoms with van der Waals surface area (Å²) >= 11 is 0. The molecule has 1 aromatic heterocycles. The summed E-state index contributed by atoms with van der Waals surface area (Å²) in [5.41, 5.74) is 11.3. The Morgan fingerprint density at radius 1 is 1.22 bits per heavy atom. The summed E-state index contributed by atoms with van der Waals surface area (Å²) in [6.07, 6.45) is 2.82. The van der Waals surface area contributed by atoms with Gasteiger partial charge in [-0.1, -0.05) is 25.1 Å². The van der Waals surface area contributed by atoms with Gasteiger partial charge in [-0.15, -0.1) is 0 Å². The molecule has 0 fully saturated rings. The molecule has 0 radical (unpaired) electrons. The van der Waals surface area contributed by atoms with Crippen LogP contribution in [0.2, 0.25) is 0 Å². The summed E-state index contributed by atoms with van der Waals surface area (Å²) in [6.45, 7) is 4.86. The fourth-order valence-corrected chi connectivity index (χ4v) is 1.97. The number of benzene rings is 1. The van der Waals surface area contributed by atoms with Crippen LogP contribution in [-0.4, -0.2) is 4.98 Å². The molecule has 3 nitrogen and oxygen atoms in total. The third kappa shape index (κ3) is 2.62. The van der Waals surface area contributed by atoms with Crippen molar-refractivity contribution >= 4 is 11.4 Å². The Kier molecular flexibility index (Phi) is 3.82. The standard InChI is InChI=1S/C15H19N3/c1-3-12-7-5-9-17-14(12)10-18-13-8-4-6-11(2)15(13)16/h4-9,18H,3,10,16H2,1-2H3. The van der Waals surface area contributed by atoms with Gasteiger partial charge in [-0.05, 0) is 36.6 Å². The van der Waals surface area contributed by atoms with Crippen molar-refractivity contribution in [3.05, 3.63) is 53.3 Å². The highest BCUT2D eigenvalue weighted by atomic mass is 14.9. The number of hydrogen-bond acceptors (Lipinski definition) is 3. The summed E-state index contributed by atoms with van der Waals surface area (Å²) in [5.74, 6) is 0. The van der Waals surface area contributed by atoms with Crippen molar-refractivity contribution in [2.75, 3.05) is 11.1 Å². The van der Waals surface area contributed by atoms with Gasteiger partial charge in [0.2, 0.25) is 0 Å². The van der Waals surface area contributed by atoms with Gasteiger partial charge in [-0.2, -0.15) is 0 Å². The van der Waals surface area contributed by atoms with E-state index in [9.17, 15) is 0 Å². The molecule has 94 valence electrons. The van der Waals surface area contributed by atoms with Crippen LogP contribution in [-0.2, 0) is 13.0 Å². The van der Waals surface area contributed by atoms with Crippen LogP contribution in [0.1, 0.15) is 23.7 Å². The highest BCUT2D eigenvalue weighted by molar-refractivity contribution is 5.69. The van der Waals surface area contributed by atoms with Gasteiger partial charge in [-0.3, -0.25) is 4.98 Å². The molecule has 1 heterocycles. The largest absolute Gasteiger partial charge is 0.397 e. The predicted molar refractivity (Wildman–Crippen MR) is 76.5 cm³/mol. The van der Waals surface area contributed by atoms with Gasteiger partial charge in [-0.25, -0.2) is 0 Å². The first-order valence-electron chi connectivity index (χ1n) is 6.24. The van der Waals surface area contributed by atoms with Gasteiger partial charge in [0.1, 0.15) is 0 Å². The van der Waals surface area contributed by atoms with Crippen LogP contribution in [0.3, 0.4) is 0 Å². The van der Waals surface area contributed by atoms with E-state index in [2.05, 4.69) is 23.3 Å². The summed E-state index contributed by atoms with van der Waals surface area (Å²) in [4.78, 5) is 4.41. The number of para-hydroxylation sites is 1. The molecule has 0 atom stereocenters. The van der Waals surface area contributed by atoms with E-state index in [1.54, 1.807) is 0 Å². The minimum Gasteiger partial charge on any atom is -0.397 e. The number of rotatable bonds is 4. The van der Waals surface area contributed by atoms with Crippen LogP contribution in [0.15, 0.2) is 36.5 Å². The first-order chi connectivity index (χ1) is 8.72. The number of nitrogens with two attached hydrogens (primary N) is 1. The van der Waals surface area contributed by atoms with Gasteiger partial charge in [0.05, 0.1) is 23.6 Å². The molecule has 2 rings (SSSR count). The molecule has 0 aliphatic carbocycles. The van der Waals surface area contributed by atoms with E-state index < -0.39 is 0 Å². The number of pyridine rings is 1. The maximum atomic E-state index is 6.03. The zero-order valence-electron chi connectivity index (χ0n) is 10.9. The molecule has 0 unspecified atom stereocenters. The minimum atomic E-state index is 0.706. The zero-order valence-corrected chi connectivity index (χ0v) is 10.9. The molecular weight excluding hydrogens is 222 g/mol. The van der Waals surface area contributed by atoms with Crippen molar-refractivity contribution in [1.82, 2.24) is 4.98 Å². The van der Waals surface area contributed by atoms with E-state index in [0.29, 0.717) is 6.54 Å². The number of hydrogen-bond donors (Lipinski definition) is 2. The zero-order chi connectivity index (χ0) is 13.0. The summed E-state index contributed by atoms with van der Waals surface area (Å²) in [5, 5.41) is 3.36. The Labute approximate surface area is 108 Å². The Balaban J connectivity index is 2.14. The smallest absolute Gasteiger partial charge is 0.0626 e. The highest BCUT2D eigenvalue weighted by Gasteiger charge is 2.04. The molecule has 0 aliphatic rings. The molecule has 0 spiro atoms. The fraction of sp³-hybridized carbons (Fsp3) is 0.267. The quantitative estimate of drug-likeness (QED) is 0.808.